The van der Waals surface area contributed by atoms with Crippen LogP contribution in [0.15, 0.2) is 77.2 Å². The summed E-state index contributed by atoms with van der Waals surface area (Å²) in [4.78, 5) is 17.2. The number of furan rings is 1. The summed E-state index contributed by atoms with van der Waals surface area (Å²) in [7, 11) is 1.52. The summed E-state index contributed by atoms with van der Waals surface area (Å²) in [6.45, 7) is 3.15. The summed E-state index contributed by atoms with van der Waals surface area (Å²) >= 11 is 0. The third-order valence-electron chi connectivity index (χ3n) is 6.15. The zero-order chi connectivity index (χ0) is 22.8. The fourth-order valence-electron chi connectivity index (χ4n) is 4.32. The van der Waals surface area contributed by atoms with Crippen LogP contribution in [0.5, 0.6) is 11.5 Å². The molecule has 0 saturated carbocycles. The number of carbonyl (C=O) groups is 1. The van der Waals surface area contributed by atoms with E-state index in [1.165, 1.54) is 12.8 Å². The van der Waals surface area contributed by atoms with E-state index in [0.717, 1.165) is 48.3 Å². The lowest BCUT2D eigenvalue weighted by Crippen LogP contribution is -2.49. The summed E-state index contributed by atoms with van der Waals surface area (Å²) in [5, 5.41) is 10.8. The van der Waals surface area contributed by atoms with Crippen LogP contribution in [0.4, 0.5) is 5.69 Å². The Morgan fingerprint density at radius 2 is 1.76 bits per heavy atom. The summed E-state index contributed by atoms with van der Waals surface area (Å²) in [6.07, 6.45) is 0.370. The van der Waals surface area contributed by atoms with E-state index in [9.17, 15) is 9.90 Å². The molecule has 0 bridgehead atoms. The molecule has 1 aromatic heterocycles. The molecule has 6 heteroatoms. The highest BCUT2D eigenvalue weighted by Crippen LogP contribution is 2.34. The van der Waals surface area contributed by atoms with Gasteiger partial charge in [0.25, 0.3) is 0 Å². The fraction of sp³-hybridized carbons (Fsp3) is 0.222. The Labute approximate surface area is 192 Å². The van der Waals surface area contributed by atoms with Crippen LogP contribution in [0, 0.1) is 0 Å². The van der Waals surface area contributed by atoms with Gasteiger partial charge < -0.3 is 24.1 Å². The first kappa shape index (κ1) is 20.9. The number of anilines is 1. The van der Waals surface area contributed by atoms with Crippen molar-refractivity contribution in [3.8, 4) is 22.8 Å². The van der Waals surface area contributed by atoms with Crippen LogP contribution in [0.25, 0.3) is 22.3 Å². The third-order valence-corrected chi connectivity index (χ3v) is 6.15. The minimum Gasteiger partial charge on any atom is -0.504 e. The van der Waals surface area contributed by atoms with Crippen molar-refractivity contribution in [3.05, 3.63) is 78.4 Å². The number of phenols is 1. The summed E-state index contributed by atoms with van der Waals surface area (Å²) < 4.78 is 11.2. The first-order chi connectivity index (χ1) is 16.1. The molecule has 0 aliphatic carbocycles. The van der Waals surface area contributed by atoms with Crippen LogP contribution < -0.4 is 9.64 Å². The molecule has 0 unspecified atom stereocenters. The van der Waals surface area contributed by atoms with E-state index in [2.05, 4.69) is 17.0 Å². The Bertz CT molecular complexity index is 1270. The molecule has 6 nitrogen and oxygen atoms in total. The van der Waals surface area contributed by atoms with Crippen molar-refractivity contribution in [1.29, 1.82) is 0 Å². The molecule has 0 atom stereocenters. The first-order valence-electron chi connectivity index (χ1n) is 11.1. The highest BCUT2D eigenvalue weighted by Gasteiger charge is 2.21. The summed E-state index contributed by atoms with van der Waals surface area (Å²) in [5.41, 5.74) is 3.74. The van der Waals surface area contributed by atoms with Gasteiger partial charge in [-0.15, -0.1) is 0 Å². The predicted octanol–water partition coefficient (Wildman–Crippen LogP) is 4.71. The van der Waals surface area contributed by atoms with Crippen molar-refractivity contribution in [2.75, 3.05) is 38.2 Å². The smallest absolute Gasteiger partial charge is 0.227 e. The highest BCUT2D eigenvalue weighted by molar-refractivity contribution is 5.86. The number of carbonyl (C=O) groups excluding carboxylic acids is 1. The van der Waals surface area contributed by atoms with Crippen molar-refractivity contribution < 1.29 is 19.1 Å². The monoisotopic (exact) mass is 442 g/mol. The van der Waals surface area contributed by atoms with E-state index in [4.69, 9.17) is 9.15 Å². The normalized spacial score (nSPS) is 14.0. The van der Waals surface area contributed by atoms with Gasteiger partial charge in [-0.05, 0) is 54.1 Å². The van der Waals surface area contributed by atoms with Gasteiger partial charge in [-0.25, -0.2) is 0 Å². The SMILES string of the molecule is COc1cc(-c2cc3cc(CC(=O)N4CCN(c5ccccc5)CC4)ccc3o2)ccc1O. The standard InChI is InChI=1S/C27H26N2O4/c1-32-26-17-20(8-9-23(26)30)25-18-21-15-19(7-10-24(21)33-25)16-27(31)29-13-11-28(12-14-29)22-5-3-2-4-6-22/h2-10,15,17-18,30H,11-14,16H2,1H3. The van der Waals surface area contributed by atoms with Crippen molar-refractivity contribution >= 4 is 22.6 Å². The average molecular weight is 443 g/mol. The Kier molecular flexibility index (Phi) is 5.65. The van der Waals surface area contributed by atoms with Crippen LogP contribution in [-0.4, -0.2) is 49.2 Å². The summed E-state index contributed by atoms with van der Waals surface area (Å²) in [6, 6.07) is 23.3. The topological polar surface area (TPSA) is 66.2 Å². The quantitative estimate of drug-likeness (QED) is 0.485. The largest absolute Gasteiger partial charge is 0.504 e. The van der Waals surface area contributed by atoms with E-state index in [1.54, 1.807) is 18.2 Å². The first-order valence-corrected chi connectivity index (χ1v) is 11.1. The van der Waals surface area contributed by atoms with Crippen LogP contribution in [0.3, 0.4) is 0 Å². The number of benzene rings is 3. The molecule has 168 valence electrons. The Morgan fingerprint density at radius 3 is 2.52 bits per heavy atom. The van der Waals surface area contributed by atoms with Gasteiger partial charge in [0.05, 0.1) is 13.5 Å². The molecule has 1 aliphatic heterocycles. The molecule has 1 amide bonds. The number of methoxy groups -OCH3 is 1. The Morgan fingerprint density at radius 1 is 0.970 bits per heavy atom. The predicted molar refractivity (Wildman–Crippen MR) is 129 cm³/mol. The van der Waals surface area contributed by atoms with E-state index >= 15 is 0 Å². The van der Waals surface area contributed by atoms with Crippen molar-refractivity contribution in [1.82, 2.24) is 4.90 Å². The van der Waals surface area contributed by atoms with Crippen molar-refractivity contribution in [3.63, 3.8) is 0 Å². The number of piperazine rings is 1. The van der Waals surface area contributed by atoms with E-state index in [1.807, 2.05) is 47.4 Å². The van der Waals surface area contributed by atoms with Gasteiger partial charge >= 0.3 is 0 Å². The lowest BCUT2D eigenvalue weighted by atomic mass is 10.1. The van der Waals surface area contributed by atoms with E-state index < -0.39 is 0 Å². The fourth-order valence-corrected chi connectivity index (χ4v) is 4.32. The maximum atomic E-state index is 12.9. The van der Waals surface area contributed by atoms with Crippen molar-refractivity contribution in [2.45, 2.75) is 6.42 Å². The molecule has 5 rings (SSSR count). The van der Waals surface area contributed by atoms with E-state index in [0.29, 0.717) is 17.9 Å². The number of amides is 1. The second-order valence-electron chi connectivity index (χ2n) is 8.25. The second-order valence-corrected chi connectivity index (χ2v) is 8.25. The number of ether oxygens (including phenoxy) is 1. The molecule has 33 heavy (non-hydrogen) atoms. The molecule has 1 aliphatic rings. The van der Waals surface area contributed by atoms with Gasteiger partial charge in [-0.2, -0.15) is 0 Å². The number of hydrogen-bond donors (Lipinski definition) is 1. The Hall–Kier alpha value is -3.93. The lowest BCUT2D eigenvalue weighted by molar-refractivity contribution is -0.130. The number of nitrogens with zero attached hydrogens (tertiary/aromatic N) is 2. The molecule has 4 aromatic rings. The van der Waals surface area contributed by atoms with Crippen molar-refractivity contribution in [2.24, 2.45) is 0 Å². The summed E-state index contributed by atoms with van der Waals surface area (Å²) in [5.74, 6) is 1.31. The number of rotatable bonds is 5. The molecule has 0 spiro atoms. The molecular weight excluding hydrogens is 416 g/mol. The zero-order valence-corrected chi connectivity index (χ0v) is 18.5. The Balaban J connectivity index is 1.26. The van der Waals surface area contributed by atoms with Gasteiger partial charge in [-0.3, -0.25) is 4.79 Å². The van der Waals surface area contributed by atoms with Crippen LogP contribution in [0.2, 0.25) is 0 Å². The molecule has 1 N–H and O–H groups in total. The van der Waals surface area contributed by atoms with Gasteiger partial charge in [0.2, 0.25) is 5.91 Å². The molecule has 0 radical (unpaired) electrons. The van der Waals surface area contributed by atoms with Gasteiger partial charge in [-0.1, -0.05) is 24.3 Å². The molecule has 3 aromatic carbocycles. The minimum absolute atomic E-state index is 0.0859. The molecule has 2 heterocycles. The number of phenolic OH excluding ortho intramolecular Hbond substituents is 1. The number of para-hydroxylation sites is 1. The second kappa shape index (κ2) is 8.90. The van der Waals surface area contributed by atoms with Gasteiger partial charge in [0.1, 0.15) is 11.3 Å². The third kappa shape index (κ3) is 4.37. The number of fused-ring (bicyclic) bond motifs is 1. The van der Waals surface area contributed by atoms with Crippen LogP contribution >= 0.6 is 0 Å². The molecular formula is C27H26N2O4. The maximum absolute atomic E-state index is 12.9. The van der Waals surface area contributed by atoms with Gasteiger partial charge in [0, 0.05) is 42.8 Å². The van der Waals surface area contributed by atoms with Crippen LogP contribution in [0.1, 0.15) is 5.56 Å². The zero-order valence-electron chi connectivity index (χ0n) is 18.5. The highest BCUT2D eigenvalue weighted by atomic mass is 16.5. The number of hydrogen-bond acceptors (Lipinski definition) is 5. The van der Waals surface area contributed by atoms with Crippen LogP contribution in [-0.2, 0) is 11.2 Å². The molecule has 1 saturated heterocycles. The maximum Gasteiger partial charge on any atom is 0.227 e. The minimum atomic E-state index is 0.0859. The van der Waals surface area contributed by atoms with E-state index in [-0.39, 0.29) is 11.7 Å². The average Bonchev–Trinajstić information content (AvgIpc) is 3.28. The molecule has 1 fully saturated rings. The lowest BCUT2D eigenvalue weighted by Gasteiger charge is -2.36. The number of aromatic hydroxyl groups is 1. The van der Waals surface area contributed by atoms with Gasteiger partial charge in [0.15, 0.2) is 11.5 Å².